The molecule has 0 aliphatic heterocycles. The lowest BCUT2D eigenvalue weighted by Gasteiger charge is -2.19. The van der Waals surface area contributed by atoms with E-state index in [1.807, 2.05) is 24.3 Å². The molecule has 9 heteroatoms. The molecule has 6 N–H and O–H groups in total. The quantitative estimate of drug-likeness (QED) is 0.186. The predicted molar refractivity (Wildman–Crippen MR) is 115 cm³/mol. The average Bonchev–Trinajstić information content (AvgIpc) is 2.76. The molecule has 0 aliphatic carbocycles. The van der Waals surface area contributed by atoms with Crippen LogP contribution in [0.4, 0.5) is 0 Å². The third kappa shape index (κ3) is 7.49. The van der Waals surface area contributed by atoms with E-state index in [4.69, 9.17) is 5.21 Å². The summed E-state index contributed by atoms with van der Waals surface area (Å²) in [6.07, 6.45) is -1.17. The van der Waals surface area contributed by atoms with E-state index in [2.05, 4.69) is 16.0 Å². The molecule has 0 unspecified atom stereocenters. The maximum absolute atomic E-state index is 12.3. The van der Waals surface area contributed by atoms with E-state index in [1.54, 1.807) is 24.3 Å². The van der Waals surface area contributed by atoms with Gasteiger partial charge < -0.3 is 21.1 Å². The molecule has 2 aromatic carbocycles. The number of rotatable bonds is 10. The first-order chi connectivity index (χ1) is 14.8. The standard InChI is InChI=1S/C22H28N4O5/c1-14(27)20(22(30)26-31)25-21(29)19-9-7-18(8-10-19)17-5-3-16(4-6-17)13-23-11-12-24-15(2)28/h3-10,14,20,23,27,31H,11-13H2,1-2H3,(H,24,28)(H,25,29)(H,26,30)/t14-,20+/m1/s1. The van der Waals surface area contributed by atoms with Crippen molar-refractivity contribution < 1.29 is 24.7 Å². The number of carbonyl (C=O) groups excluding carboxylic acids is 3. The minimum absolute atomic E-state index is 0.0481. The number of aliphatic hydroxyl groups is 1. The summed E-state index contributed by atoms with van der Waals surface area (Å²) in [7, 11) is 0. The summed E-state index contributed by atoms with van der Waals surface area (Å²) in [5.74, 6) is -1.49. The number of hydrogen-bond acceptors (Lipinski definition) is 6. The Morgan fingerprint density at radius 2 is 1.52 bits per heavy atom. The molecule has 9 nitrogen and oxygen atoms in total. The molecule has 0 aliphatic rings. The van der Waals surface area contributed by atoms with Gasteiger partial charge in [0.2, 0.25) is 5.91 Å². The predicted octanol–water partition coefficient (Wildman–Crippen LogP) is 0.564. The molecular weight excluding hydrogens is 400 g/mol. The van der Waals surface area contributed by atoms with E-state index < -0.39 is 24.0 Å². The van der Waals surface area contributed by atoms with E-state index in [0.29, 0.717) is 25.2 Å². The van der Waals surface area contributed by atoms with Gasteiger partial charge in [-0.1, -0.05) is 36.4 Å². The summed E-state index contributed by atoms with van der Waals surface area (Å²) < 4.78 is 0. The van der Waals surface area contributed by atoms with Gasteiger partial charge in [-0.05, 0) is 35.7 Å². The van der Waals surface area contributed by atoms with Gasteiger partial charge in [0.25, 0.3) is 11.8 Å². The van der Waals surface area contributed by atoms with Crippen LogP contribution in [-0.2, 0) is 16.1 Å². The van der Waals surface area contributed by atoms with Crippen LogP contribution in [0.2, 0.25) is 0 Å². The molecule has 0 spiro atoms. The number of hydrogen-bond donors (Lipinski definition) is 6. The van der Waals surface area contributed by atoms with E-state index in [9.17, 15) is 19.5 Å². The fraction of sp³-hybridized carbons (Fsp3) is 0.318. The van der Waals surface area contributed by atoms with Crippen LogP contribution in [0.1, 0.15) is 29.8 Å². The van der Waals surface area contributed by atoms with Crippen LogP contribution in [-0.4, -0.2) is 53.3 Å². The molecule has 2 atom stereocenters. The van der Waals surface area contributed by atoms with Crippen molar-refractivity contribution in [2.24, 2.45) is 0 Å². The first-order valence-corrected chi connectivity index (χ1v) is 9.89. The molecule has 0 saturated carbocycles. The monoisotopic (exact) mass is 428 g/mol. The van der Waals surface area contributed by atoms with Crippen LogP contribution in [0.3, 0.4) is 0 Å². The summed E-state index contributed by atoms with van der Waals surface area (Å²) >= 11 is 0. The Labute approximate surface area is 180 Å². The van der Waals surface area contributed by atoms with Gasteiger partial charge >= 0.3 is 0 Å². The van der Waals surface area contributed by atoms with Crippen molar-refractivity contribution in [3.8, 4) is 11.1 Å². The van der Waals surface area contributed by atoms with Crippen LogP contribution in [0.25, 0.3) is 11.1 Å². The first-order valence-electron chi connectivity index (χ1n) is 9.89. The number of carbonyl (C=O) groups is 3. The molecular formula is C22H28N4O5. The van der Waals surface area contributed by atoms with Crippen molar-refractivity contribution in [2.75, 3.05) is 13.1 Å². The van der Waals surface area contributed by atoms with Crippen molar-refractivity contribution >= 4 is 17.7 Å². The lowest BCUT2D eigenvalue weighted by atomic mass is 10.0. The Hall–Kier alpha value is -3.27. The largest absolute Gasteiger partial charge is 0.391 e. The number of benzene rings is 2. The van der Waals surface area contributed by atoms with Gasteiger partial charge in [-0.15, -0.1) is 0 Å². The summed E-state index contributed by atoms with van der Waals surface area (Å²) in [6.45, 7) is 4.77. The van der Waals surface area contributed by atoms with E-state index in [0.717, 1.165) is 16.7 Å². The van der Waals surface area contributed by atoms with Gasteiger partial charge in [0, 0.05) is 32.1 Å². The van der Waals surface area contributed by atoms with Crippen LogP contribution in [0.5, 0.6) is 0 Å². The van der Waals surface area contributed by atoms with Crippen LogP contribution in [0, 0.1) is 0 Å². The molecule has 2 aromatic rings. The zero-order valence-corrected chi connectivity index (χ0v) is 17.5. The molecule has 0 radical (unpaired) electrons. The van der Waals surface area contributed by atoms with E-state index in [1.165, 1.54) is 19.3 Å². The molecule has 0 saturated heterocycles. The maximum Gasteiger partial charge on any atom is 0.268 e. The highest BCUT2D eigenvalue weighted by Crippen LogP contribution is 2.20. The second-order valence-electron chi connectivity index (χ2n) is 7.10. The second-order valence-corrected chi connectivity index (χ2v) is 7.10. The van der Waals surface area contributed by atoms with Crippen LogP contribution >= 0.6 is 0 Å². The fourth-order valence-electron chi connectivity index (χ4n) is 2.89. The summed E-state index contributed by atoms with van der Waals surface area (Å²) in [5.41, 5.74) is 4.75. The Morgan fingerprint density at radius 1 is 0.935 bits per heavy atom. The van der Waals surface area contributed by atoms with Gasteiger partial charge in [0.15, 0.2) is 0 Å². The van der Waals surface area contributed by atoms with Crippen molar-refractivity contribution in [3.05, 3.63) is 59.7 Å². The van der Waals surface area contributed by atoms with Gasteiger partial charge in [0.05, 0.1) is 6.10 Å². The number of nitrogens with one attached hydrogen (secondary N) is 4. The van der Waals surface area contributed by atoms with Crippen molar-refractivity contribution in [1.82, 2.24) is 21.4 Å². The minimum Gasteiger partial charge on any atom is -0.391 e. The third-order valence-corrected chi connectivity index (χ3v) is 4.60. The molecule has 166 valence electrons. The van der Waals surface area contributed by atoms with Crippen molar-refractivity contribution in [3.63, 3.8) is 0 Å². The SMILES string of the molecule is CC(=O)NCCNCc1ccc(-c2ccc(C(=O)N[C@H](C(=O)NO)[C@@H](C)O)cc2)cc1. The summed E-state index contributed by atoms with van der Waals surface area (Å²) in [6, 6.07) is 13.5. The minimum atomic E-state index is -1.27. The first kappa shape index (κ1) is 24.0. The molecule has 0 aromatic heterocycles. The zero-order chi connectivity index (χ0) is 22.8. The Kier molecular flexibility index (Phi) is 9.13. The third-order valence-electron chi connectivity index (χ3n) is 4.60. The molecule has 0 bridgehead atoms. The van der Waals surface area contributed by atoms with Crippen molar-refractivity contribution in [1.29, 1.82) is 0 Å². The lowest BCUT2D eigenvalue weighted by Crippen LogP contribution is -2.51. The topological polar surface area (TPSA) is 140 Å². The molecule has 0 heterocycles. The number of aliphatic hydroxyl groups excluding tert-OH is 1. The van der Waals surface area contributed by atoms with Crippen LogP contribution < -0.4 is 21.4 Å². The van der Waals surface area contributed by atoms with Gasteiger partial charge in [-0.2, -0.15) is 0 Å². The summed E-state index contributed by atoms with van der Waals surface area (Å²) in [5, 5.41) is 26.7. The summed E-state index contributed by atoms with van der Waals surface area (Å²) in [4.78, 5) is 34.7. The zero-order valence-electron chi connectivity index (χ0n) is 17.5. The van der Waals surface area contributed by atoms with Gasteiger partial charge in [-0.3, -0.25) is 19.6 Å². The van der Waals surface area contributed by atoms with E-state index >= 15 is 0 Å². The normalized spacial score (nSPS) is 12.5. The highest BCUT2D eigenvalue weighted by Gasteiger charge is 2.25. The van der Waals surface area contributed by atoms with Gasteiger partial charge in [0.1, 0.15) is 6.04 Å². The lowest BCUT2D eigenvalue weighted by molar-refractivity contribution is -0.133. The number of amides is 3. The van der Waals surface area contributed by atoms with Crippen molar-refractivity contribution in [2.45, 2.75) is 32.5 Å². The Balaban J connectivity index is 1.94. The second kappa shape index (κ2) is 11.8. The highest BCUT2D eigenvalue weighted by molar-refractivity contribution is 5.97. The molecule has 0 fully saturated rings. The number of hydroxylamine groups is 1. The maximum atomic E-state index is 12.3. The Morgan fingerprint density at radius 3 is 2.03 bits per heavy atom. The molecule has 3 amide bonds. The fourth-order valence-corrected chi connectivity index (χ4v) is 2.89. The van der Waals surface area contributed by atoms with Gasteiger partial charge in [-0.25, -0.2) is 5.48 Å². The smallest absolute Gasteiger partial charge is 0.268 e. The Bertz CT molecular complexity index is 882. The molecule has 31 heavy (non-hydrogen) atoms. The highest BCUT2D eigenvalue weighted by atomic mass is 16.5. The van der Waals surface area contributed by atoms with Crippen LogP contribution in [0.15, 0.2) is 48.5 Å². The van der Waals surface area contributed by atoms with E-state index in [-0.39, 0.29) is 5.91 Å². The molecule has 2 rings (SSSR count). The average molecular weight is 428 g/mol.